The monoisotopic (exact) mass is 194 g/mol. The van der Waals surface area contributed by atoms with Crippen molar-refractivity contribution in [2.24, 2.45) is 0 Å². The fraction of sp³-hybridized carbons (Fsp3) is 0.500. The van der Waals surface area contributed by atoms with Gasteiger partial charge in [0.1, 0.15) is 5.75 Å². The normalized spacial score (nSPS) is 12.5. The van der Waals surface area contributed by atoms with Gasteiger partial charge in [0.05, 0.1) is 6.10 Å². The molecule has 1 aromatic carbocycles. The summed E-state index contributed by atoms with van der Waals surface area (Å²) in [5.41, 5.74) is 1.18. The summed E-state index contributed by atoms with van der Waals surface area (Å²) in [6, 6.07) is 8.06. The standard InChI is InChI=1S/C12H18O2/c1-10-6-4-5-7-12(10)14-11(2)8-9-13-3/h4-7,11H,8-9H2,1-3H3. The van der Waals surface area contributed by atoms with E-state index >= 15 is 0 Å². The van der Waals surface area contributed by atoms with Crippen molar-refractivity contribution < 1.29 is 9.47 Å². The van der Waals surface area contributed by atoms with Crippen LogP contribution in [0, 0.1) is 6.92 Å². The largest absolute Gasteiger partial charge is 0.490 e. The quantitative estimate of drug-likeness (QED) is 0.717. The van der Waals surface area contributed by atoms with Gasteiger partial charge in [-0.3, -0.25) is 0 Å². The van der Waals surface area contributed by atoms with E-state index < -0.39 is 0 Å². The lowest BCUT2D eigenvalue weighted by molar-refractivity contribution is 0.135. The maximum absolute atomic E-state index is 5.77. The minimum absolute atomic E-state index is 0.205. The zero-order valence-electron chi connectivity index (χ0n) is 9.12. The Balaban J connectivity index is 2.47. The Morgan fingerprint density at radius 1 is 1.29 bits per heavy atom. The molecular formula is C12H18O2. The van der Waals surface area contributed by atoms with Gasteiger partial charge in [-0.2, -0.15) is 0 Å². The van der Waals surface area contributed by atoms with Gasteiger partial charge < -0.3 is 9.47 Å². The van der Waals surface area contributed by atoms with E-state index in [0.29, 0.717) is 0 Å². The third kappa shape index (κ3) is 3.38. The first-order chi connectivity index (χ1) is 6.74. The molecule has 0 N–H and O–H groups in total. The van der Waals surface area contributed by atoms with Crippen molar-refractivity contribution in [3.63, 3.8) is 0 Å². The van der Waals surface area contributed by atoms with Crippen LogP contribution in [0.4, 0.5) is 0 Å². The molecule has 1 aromatic rings. The number of hydrogen-bond donors (Lipinski definition) is 0. The second-order valence-electron chi connectivity index (χ2n) is 3.48. The summed E-state index contributed by atoms with van der Waals surface area (Å²) in [7, 11) is 1.71. The van der Waals surface area contributed by atoms with Gasteiger partial charge in [-0.05, 0) is 25.5 Å². The Kier molecular flexibility index (Phi) is 4.47. The van der Waals surface area contributed by atoms with Gasteiger partial charge in [0.15, 0.2) is 0 Å². The number of aryl methyl sites for hydroxylation is 1. The molecule has 0 aliphatic rings. The lowest BCUT2D eigenvalue weighted by Gasteiger charge is -2.15. The molecule has 0 heterocycles. The SMILES string of the molecule is COCCC(C)Oc1ccccc1C. The van der Waals surface area contributed by atoms with E-state index in [-0.39, 0.29) is 6.10 Å². The van der Waals surface area contributed by atoms with Crippen LogP contribution in [0.1, 0.15) is 18.9 Å². The topological polar surface area (TPSA) is 18.5 Å². The predicted molar refractivity (Wildman–Crippen MR) is 57.8 cm³/mol. The van der Waals surface area contributed by atoms with Crippen LogP contribution in [0.3, 0.4) is 0 Å². The van der Waals surface area contributed by atoms with Crippen LogP contribution < -0.4 is 4.74 Å². The highest BCUT2D eigenvalue weighted by molar-refractivity contribution is 5.31. The Labute approximate surface area is 85.8 Å². The van der Waals surface area contributed by atoms with Crippen LogP contribution in [0.2, 0.25) is 0 Å². The average molecular weight is 194 g/mol. The molecule has 1 unspecified atom stereocenters. The van der Waals surface area contributed by atoms with E-state index in [4.69, 9.17) is 9.47 Å². The van der Waals surface area contributed by atoms with Crippen molar-refractivity contribution in [1.29, 1.82) is 0 Å². The summed E-state index contributed by atoms with van der Waals surface area (Å²) >= 11 is 0. The number of benzene rings is 1. The molecule has 2 nitrogen and oxygen atoms in total. The molecular weight excluding hydrogens is 176 g/mol. The van der Waals surface area contributed by atoms with Gasteiger partial charge >= 0.3 is 0 Å². The van der Waals surface area contributed by atoms with Crippen molar-refractivity contribution >= 4 is 0 Å². The molecule has 0 radical (unpaired) electrons. The van der Waals surface area contributed by atoms with Crippen LogP contribution in [-0.4, -0.2) is 19.8 Å². The number of hydrogen-bond acceptors (Lipinski definition) is 2. The molecule has 2 heteroatoms. The van der Waals surface area contributed by atoms with Gasteiger partial charge in [0, 0.05) is 20.1 Å². The third-order valence-corrected chi connectivity index (χ3v) is 2.15. The van der Waals surface area contributed by atoms with Gasteiger partial charge in [0.2, 0.25) is 0 Å². The second kappa shape index (κ2) is 5.66. The van der Waals surface area contributed by atoms with E-state index in [2.05, 4.69) is 19.9 Å². The van der Waals surface area contributed by atoms with Crippen LogP contribution in [-0.2, 0) is 4.74 Å². The molecule has 0 amide bonds. The first kappa shape index (κ1) is 11.1. The molecule has 0 bridgehead atoms. The Morgan fingerprint density at radius 3 is 2.64 bits per heavy atom. The lowest BCUT2D eigenvalue weighted by Crippen LogP contribution is -2.14. The maximum atomic E-state index is 5.77. The molecule has 14 heavy (non-hydrogen) atoms. The summed E-state index contributed by atoms with van der Waals surface area (Å²) in [6.45, 7) is 4.86. The van der Waals surface area contributed by atoms with E-state index in [1.54, 1.807) is 7.11 Å². The highest BCUT2D eigenvalue weighted by Crippen LogP contribution is 2.18. The minimum atomic E-state index is 0.205. The van der Waals surface area contributed by atoms with E-state index in [9.17, 15) is 0 Å². The van der Waals surface area contributed by atoms with Crippen LogP contribution in [0.5, 0.6) is 5.75 Å². The third-order valence-electron chi connectivity index (χ3n) is 2.15. The highest BCUT2D eigenvalue weighted by atomic mass is 16.5. The zero-order valence-corrected chi connectivity index (χ0v) is 9.12. The molecule has 0 saturated heterocycles. The Bertz CT molecular complexity index is 271. The Morgan fingerprint density at radius 2 is 2.00 bits per heavy atom. The van der Waals surface area contributed by atoms with Gasteiger partial charge in [-0.15, -0.1) is 0 Å². The molecule has 0 fully saturated rings. The second-order valence-corrected chi connectivity index (χ2v) is 3.48. The molecule has 1 atom stereocenters. The zero-order chi connectivity index (χ0) is 10.4. The molecule has 0 spiro atoms. The van der Waals surface area contributed by atoms with Gasteiger partial charge in [0.25, 0.3) is 0 Å². The van der Waals surface area contributed by atoms with E-state index in [0.717, 1.165) is 18.8 Å². The highest BCUT2D eigenvalue weighted by Gasteiger charge is 2.04. The average Bonchev–Trinajstić information content (AvgIpc) is 2.18. The number of methoxy groups -OCH3 is 1. The lowest BCUT2D eigenvalue weighted by atomic mass is 10.2. The van der Waals surface area contributed by atoms with Gasteiger partial charge in [-0.25, -0.2) is 0 Å². The molecule has 0 aliphatic heterocycles. The molecule has 0 aliphatic carbocycles. The maximum Gasteiger partial charge on any atom is 0.122 e. The van der Waals surface area contributed by atoms with Crippen molar-refractivity contribution in [3.8, 4) is 5.75 Å². The van der Waals surface area contributed by atoms with Crippen LogP contribution in [0.15, 0.2) is 24.3 Å². The van der Waals surface area contributed by atoms with Crippen molar-refractivity contribution in [2.45, 2.75) is 26.4 Å². The first-order valence-corrected chi connectivity index (χ1v) is 4.95. The number of para-hydroxylation sites is 1. The summed E-state index contributed by atoms with van der Waals surface area (Å²) in [6.07, 6.45) is 1.13. The fourth-order valence-corrected chi connectivity index (χ4v) is 1.25. The molecule has 78 valence electrons. The molecule has 0 aromatic heterocycles. The van der Waals surface area contributed by atoms with Crippen molar-refractivity contribution in [3.05, 3.63) is 29.8 Å². The molecule has 1 rings (SSSR count). The fourth-order valence-electron chi connectivity index (χ4n) is 1.25. The van der Waals surface area contributed by atoms with Crippen LogP contribution in [0.25, 0.3) is 0 Å². The number of ether oxygens (including phenoxy) is 2. The summed E-state index contributed by atoms with van der Waals surface area (Å²) in [5.74, 6) is 0.969. The summed E-state index contributed by atoms with van der Waals surface area (Å²) in [5, 5.41) is 0. The smallest absolute Gasteiger partial charge is 0.122 e. The number of rotatable bonds is 5. The van der Waals surface area contributed by atoms with E-state index in [1.165, 1.54) is 5.56 Å². The van der Waals surface area contributed by atoms with Crippen molar-refractivity contribution in [2.75, 3.05) is 13.7 Å². The minimum Gasteiger partial charge on any atom is -0.490 e. The van der Waals surface area contributed by atoms with E-state index in [1.807, 2.05) is 18.2 Å². The predicted octanol–water partition coefficient (Wildman–Crippen LogP) is 2.80. The first-order valence-electron chi connectivity index (χ1n) is 4.95. The van der Waals surface area contributed by atoms with Crippen molar-refractivity contribution in [1.82, 2.24) is 0 Å². The van der Waals surface area contributed by atoms with Crippen LogP contribution >= 0.6 is 0 Å². The Hall–Kier alpha value is -1.02. The summed E-state index contributed by atoms with van der Waals surface area (Å²) < 4.78 is 10.8. The summed E-state index contributed by atoms with van der Waals surface area (Å²) in [4.78, 5) is 0. The molecule has 0 saturated carbocycles. The van der Waals surface area contributed by atoms with Gasteiger partial charge in [-0.1, -0.05) is 18.2 Å².